The van der Waals surface area contributed by atoms with Crippen LogP contribution in [0.3, 0.4) is 0 Å². The highest BCUT2D eigenvalue weighted by atomic mass is 16.3. The summed E-state index contributed by atoms with van der Waals surface area (Å²) < 4.78 is 0. The second-order valence-electron chi connectivity index (χ2n) is 6.17. The van der Waals surface area contributed by atoms with Gasteiger partial charge in [0.25, 0.3) is 0 Å². The Bertz CT molecular complexity index is 465. The predicted octanol–water partition coefficient (Wildman–Crippen LogP) is 2.41. The smallest absolute Gasteiger partial charge is 0.226 e. The van der Waals surface area contributed by atoms with Crippen molar-refractivity contribution >= 4 is 5.91 Å². The molecule has 3 nitrogen and oxygen atoms in total. The third kappa shape index (κ3) is 2.47. The zero-order chi connectivity index (χ0) is 14.1. The van der Waals surface area contributed by atoms with E-state index in [4.69, 9.17) is 0 Å². The Kier molecular flexibility index (Phi) is 3.79. The topological polar surface area (TPSA) is 40.5 Å². The van der Waals surface area contributed by atoms with Gasteiger partial charge >= 0.3 is 0 Å². The first-order valence-electron chi connectivity index (χ1n) is 7.72. The summed E-state index contributed by atoms with van der Waals surface area (Å²) in [5.74, 6) is 0.525. The molecule has 20 heavy (non-hydrogen) atoms. The lowest BCUT2D eigenvalue weighted by Crippen LogP contribution is -2.37. The molecule has 4 atom stereocenters. The van der Waals surface area contributed by atoms with Crippen molar-refractivity contribution in [2.24, 2.45) is 11.8 Å². The van der Waals surface area contributed by atoms with Crippen LogP contribution in [0, 0.1) is 11.8 Å². The molecule has 1 heterocycles. The van der Waals surface area contributed by atoms with Crippen molar-refractivity contribution in [2.75, 3.05) is 13.1 Å². The minimum atomic E-state index is -0.418. The Morgan fingerprint density at radius 2 is 1.85 bits per heavy atom. The fraction of sp³-hybridized carbons (Fsp3) is 0.588. The number of carbonyl (C=O) groups excluding carboxylic acids is 1. The highest BCUT2D eigenvalue weighted by Crippen LogP contribution is 2.56. The van der Waals surface area contributed by atoms with Gasteiger partial charge in [0.2, 0.25) is 5.91 Å². The van der Waals surface area contributed by atoms with E-state index in [1.54, 1.807) is 0 Å². The average molecular weight is 273 g/mol. The number of amides is 1. The fourth-order valence-corrected chi connectivity index (χ4v) is 3.68. The van der Waals surface area contributed by atoms with Crippen LogP contribution in [-0.4, -0.2) is 35.1 Å². The van der Waals surface area contributed by atoms with Crippen molar-refractivity contribution in [2.45, 2.75) is 38.2 Å². The van der Waals surface area contributed by atoms with Crippen LogP contribution in [0.1, 0.15) is 37.7 Å². The van der Waals surface area contributed by atoms with Gasteiger partial charge < -0.3 is 10.0 Å². The third-order valence-corrected chi connectivity index (χ3v) is 4.77. The van der Waals surface area contributed by atoms with Gasteiger partial charge in [-0.2, -0.15) is 0 Å². The number of aliphatic hydroxyl groups is 1. The number of benzene rings is 1. The van der Waals surface area contributed by atoms with Gasteiger partial charge in [0.15, 0.2) is 0 Å². The predicted molar refractivity (Wildman–Crippen MR) is 78.3 cm³/mol. The van der Waals surface area contributed by atoms with Crippen molar-refractivity contribution in [3.05, 3.63) is 35.9 Å². The first-order valence-corrected chi connectivity index (χ1v) is 7.72. The van der Waals surface area contributed by atoms with Crippen molar-refractivity contribution in [3.63, 3.8) is 0 Å². The lowest BCUT2D eigenvalue weighted by molar-refractivity contribution is -0.134. The van der Waals surface area contributed by atoms with Crippen molar-refractivity contribution < 1.29 is 9.90 Å². The van der Waals surface area contributed by atoms with Crippen molar-refractivity contribution in [3.8, 4) is 0 Å². The first kappa shape index (κ1) is 13.6. The molecular formula is C17H23NO2. The molecular weight excluding hydrogens is 250 g/mol. The van der Waals surface area contributed by atoms with Gasteiger partial charge in [0.1, 0.15) is 0 Å². The van der Waals surface area contributed by atoms with E-state index in [0.717, 1.165) is 25.9 Å². The standard InChI is InChI=1S/C17H23NO2/c1-12(19)14-15(13-8-4-2-5-9-13)16(14)17(20)18-10-6-3-7-11-18/h2,4-5,8-9,12,14-16,19H,3,6-7,10-11H2,1H3/t12-,14-,15+,16+/m0/s1. The molecule has 0 bridgehead atoms. The molecule has 3 rings (SSSR count). The van der Waals surface area contributed by atoms with Crippen LogP contribution in [0.5, 0.6) is 0 Å². The molecule has 0 unspecified atom stereocenters. The van der Waals surface area contributed by atoms with Crippen LogP contribution in [0.25, 0.3) is 0 Å². The van der Waals surface area contributed by atoms with Gasteiger partial charge in [-0.25, -0.2) is 0 Å². The minimum absolute atomic E-state index is 0.0181. The normalized spacial score (nSPS) is 30.9. The summed E-state index contributed by atoms with van der Waals surface area (Å²) in [7, 11) is 0. The van der Waals surface area contributed by atoms with Crippen LogP contribution in [0.2, 0.25) is 0 Å². The molecule has 2 fully saturated rings. The van der Waals surface area contributed by atoms with Gasteiger partial charge in [0, 0.05) is 24.9 Å². The van der Waals surface area contributed by atoms with Crippen molar-refractivity contribution in [1.29, 1.82) is 0 Å². The maximum atomic E-state index is 12.7. The lowest BCUT2D eigenvalue weighted by Gasteiger charge is -2.27. The summed E-state index contributed by atoms with van der Waals surface area (Å²) in [6, 6.07) is 10.2. The zero-order valence-electron chi connectivity index (χ0n) is 12.0. The van der Waals surface area contributed by atoms with Crippen LogP contribution >= 0.6 is 0 Å². The van der Waals surface area contributed by atoms with Gasteiger partial charge in [0.05, 0.1) is 12.0 Å². The second kappa shape index (κ2) is 5.57. The van der Waals surface area contributed by atoms with Crippen LogP contribution in [-0.2, 0) is 4.79 Å². The number of hydrogen-bond donors (Lipinski definition) is 1. The Morgan fingerprint density at radius 1 is 1.20 bits per heavy atom. The van der Waals surface area contributed by atoms with Crippen LogP contribution < -0.4 is 0 Å². The summed E-state index contributed by atoms with van der Waals surface area (Å²) in [6.07, 6.45) is 3.05. The average Bonchev–Trinajstić information content (AvgIpc) is 3.24. The van der Waals surface area contributed by atoms with E-state index in [1.807, 2.05) is 30.0 Å². The number of likely N-dealkylation sites (tertiary alicyclic amines) is 1. The quantitative estimate of drug-likeness (QED) is 0.918. The van der Waals surface area contributed by atoms with Crippen LogP contribution in [0.4, 0.5) is 0 Å². The Balaban J connectivity index is 1.76. The molecule has 1 saturated heterocycles. The van der Waals surface area contributed by atoms with E-state index in [0.29, 0.717) is 0 Å². The lowest BCUT2D eigenvalue weighted by atomic mass is 10.1. The SMILES string of the molecule is C[C@H](O)[C@@H]1[C@@H](C(=O)N2CCCCC2)[C@@H]1c1ccccc1. The molecule has 1 aromatic rings. The Hall–Kier alpha value is -1.35. The Morgan fingerprint density at radius 3 is 2.45 bits per heavy atom. The molecule has 2 aliphatic rings. The summed E-state index contributed by atoms with van der Waals surface area (Å²) >= 11 is 0. The van der Waals surface area contributed by atoms with E-state index in [1.165, 1.54) is 12.0 Å². The van der Waals surface area contributed by atoms with Gasteiger partial charge in [-0.15, -0.1) is 0 Å². The molecule has 1 aliphatic carbocycles. The van der Waals surface area contributed by atoms with E-state index >= 15 is 0 Å². The summed E-state index contributed by atoms with van der Waals surface area (Å²) in [4.78, 5) is 14.7. The molecule has 1 aromatic carbocycles. The first-order chi connectivity index (χ1) is 9.70. The van der Waals surface area contributed by atoms with E-state index in [9.17, 15) is 9.90 Å². The second-order valence-corrected chi connectivity index (χ2v) is 6.17. The molecule has 0 aromatic heterocycles. The van der Waals surface area contributed by atoms with Crippen LogP contribution in [0.15, 0.2) is 30.3 Å². The number of carbonyl (C=O) groups is 1. The van der Waals surface area contributed by atoms with Gasteiger partial charge in [-0.3, -0.25) is 4.79 Å². The number of hydrogen-bond acceptors (Lipinski definition) is 2. The van der Waals surface area contributed by atoms with E-state index in [2.05, 4.69) is 12.1 Å². The van der Waals surface area contributed by atoms with E-state index in [-0.39, 0.29) is 23.7 Å². The Labute approximate surface area is 120 Å². The molecule has 1 saturated carbocycles. The summed E-state index contributed by atoms with van der Waals surface area (Å²) in [6.45, 7) is 3.59. The number of nitrogens with zero attached hydrogens (tertiary/aromatic N) is 1. The number of rotatable bonds is 3. The maximum absolute atomic E-state index is 12.7. The largest absolute Gasteiger partial charge is 0.393 e. The summed E-state index contributed by atoms with van der Waals surface area (Å²) in [5.41, 5.74) is 1.19. The monoisotopic (exact) mass is 273 g/mol. The van der Waals surface area contributed by atoms with Gasteiger partial charge in [-0.05, 0) is 31.7 Å². The minimum Gasteiger partial charge on any atom is -0.393 e. The number of piperidine rings is 1. The molecule has 0 spiro atoms. The molecule has 1 N–H and O–H groups in total. The zero-order valence-corrected chi connectivity index (χ0v) is 12.0. The molecule has 108 valence electrons. The van der Waals surface area contributed by atoms with E-state index < -0.39 is 6.10 Å². The fourth-order valence-electron chi connectivity index (χ4n) is 3.68. The molecule has 3 heteroatoms. The highest BCUT2D eigenvalue weighted by molar-refractivity contribution is 5.84. The number of aliphatic hydroxyl groups excluding tert-OH is 1. The van der Waals surface area contributed by atoms with Gasteiger partial charge in [-0.1, -0.05) is 30.3 Å². The summed E-state index contributed by atoms with van der Waals surface area (Å²) in [5, 5.41) is 9.97. The highest BCUT2D eigenvalue weighted by Gasteiger charge is 2.58. The van der Waals surface area contributed by atoms with Crippen molar-refractivity contribution in [1.82, 2.24) is 4.90 Å². The maximum Gasteiger partial charge on any atom is 0.226 e. The third-order valence-electron chi connectivity index (χ3n) is 4.77. The molecule has 1 aliphatic heterocycles. The molecule has 1 amide bonds. The molecule has 0 radical (unpaired) electrons.